The SMILES string of the molecule is O=C1NS(=O)(=O)c2c(C=S)cccc21. The molecule has 6 heteroatoms. The van der Waals surface area contributed by atoms with Crippen molar-refractivity contribution >= 4 is 33.5 Å². The van der Waals surface area contributed by atoms with Crippen molar-refractivity contribution in [3.05, 3.63) is 29.3 Å². The molecule has 4 nitrogen and oxygen atoms in total. The molecule has 1 aliphatic rings. The fourth-order valence-electron chi connectivity index (χ4n) is 1.35. The minimum Gasteiger partial charge on any atom is -0.268 e. The zero-order valence-corrected chi connectivity index (χ0v) is 8.48. The van der Waals surface area contributed by atoms with Gasteiger partial charge >= 0.3 is 0 Å². The third kappa shape index (κ3) is 1.15. The number of benzene rings is 1. The van der Waals surface area contributed by atoms with Gasteiger partial charge < -0.3 is 0 Å². The zero-order chi connectivity index (χ0) is 10.3. The number of carbonyl (C=O) groups excluding carboxylic acids is 1. The van der Waals surface area contributed by atoms with Gasteiger partial charge in [0.15, 0.2) is 0 Å². The third-order valence-corrected chi connectivity index (χ3v) is 3.61. The normalized spacial score (nSPS) is 17.3. The first-order valence-corrected chi connectivity index (χ1v) is 5.67. The number of fused-ring (bicyclic) bond motifs is 1. The summed E-state index contributed by atoms with van der Waals surface area (Å²) in [6.45, 7) is 0. The molecule has 0 aliphatic carbocycles. The van der Waals surface area contributed by atoms with Crippen molar-refractivity contribution in [2.75, 3.05) is 0 Å². The maximum atomic E-state index is 11.4. The molecule has 0 atom stereocenters. The average Bonchev–Trinajstić information content (AvgIpc) is 2.38. The average molecular weight is 227 g/mol. The molecule has 0 aromatic heterocycles. The van der Waals surface area contributed by atoms with Gasteiger partial charge in [-0.05, 0) is 6.07 Å². The number of rotatable bonds is 1. The zero-order valence-electron chi connectivity index (χ0n) is 6.85. The van der Waals surface area contributed by atoms with Crippen LogP contribution in [0.4, 0.5) is 0 Å². The Balaban J connectivity index is 2.89. The van der Waals surface area contributed by atoms with Crippen LogP contribution in [0.1, 0.15) is 15.9 Å². The second kappa shape index (κ2) is 2.86. The first kappa shape index (κ1) is 9.29. The maximum absolute atomic E-state index is 11.4. The lowest BCUT2D eigenvalue weighted by molar-refractivity contribution is 0.0985. The number of carbonyl (C=O) groups is 1. The topological polar surface area (TPSA) is 63.2 Å². The van der Waals surface area contributed by atoms with E-state index in [0.29, 0.717) is 5.56 Å². The highest BCUT2D eigenvalue weighted by Crippen LogP contribution is 2.24. The van der Waals surface area contributed by atoms with Crippen molar-refractivity contribution in [3.63, 3.8) is 0 Å². The molecule has 1 N–H and O–H groups in total. The monoisotopic (exact) mass is 227 g/mol. The number of thiocarbonyl (C=S) groups is 1. The first-order valence-electron chi connectivity index (χ1n) is 3.71. The smallest absolute Gasteiger partial charge is 0.266 e. The van der Waals surface area contributed by atoms with Crippen LogP contribution in [0.25, 0.3) is 0 Å². The Bertz CT molecular complexity index is 534. The minimum absolute atomic E-state index is 0.0139. The highest BCUT2D eigenvalue weighted by molar-refractivity contribution is 7.90. The largest absolute Gasteiger partial charge is 0.268 e. The molecule has 0 saturated carbocycles. The van der Waals surface area contributed by atoms with E-state index in [2.05, 4.69) is 12.2 Å². The summed E-state index contributed by atoms with van der Waals surface area (Å²) >= 11 is 4.67. The summed E-state index contributed by atoms with van der Waals surface area (Å²) in [6, 6.07) is 4.61. The lowest BCUT2D eigenvalue weighted by Gasteiger charge is -1.98. The number of sulfonamides is 1. The third-order valence-electron chi connectivity index (χ3n) is 1.91. The molecule has 72 valence electrons. The molecular formula is C8H5NO3S2. The molecule has 14 heavy (non-hydrogen) atoms. The molecule has 0 radical (unpaired) electrons. The molecule has 1 aromatic carbocycles. The Hall–Kier alpha value is -1.27. The second-order valence-electron chi connectivity index (χ2n) is 2.78. The molecule has 0 saturated heterocycles. The van der Waals surface area contributed by atoms with Gasteiger partial charge in [0.2, 0.25) is 0 Å². The van der Waals surface area contributed by atoms with Gasteiger partial charge in [-0.25, -0.2) is 13.1 Å². The van der Waals surface area contributed by atoms with Crippen molar-refractivity contribution in [3.8, 4) is 0 Å². The van der Waals surface area contributed by atoms with Crippen LogP contribution in [0.5, 0.6) is 0 Å². The first-order chi connectivity index (χ1) is 6.56. The fraction of sp³-hybridized carbons (Fsp3) is 0. The van der Waals surface area contributed by atoms with Crippen LogP contribution in [-0.4, -0.2) is 19.7 Å². The fourth-order valence-corrected chi connectivity index (χ4v) is 2.97. The van der Waals surface area contributed by atoms with E-state index in [1.54, 1.807) is 12.1 Å². The van der Waals surface area contributed by atoms with Gasteiger partial charge in [0.1, 0.15) is 4.90 Å². The van der Waals surface area contributed by atoms with Gasteiger partial charge in [-0.2, -0.15) is 0 Å². The predicted octanol–water partition coefficient (Wildman–Crippen LogP) is 0.467. The Morgan fingerprint density at radius 1 is 1.36 bits per heavy atom. The summed E-state index contributed by atoms with van der Waals surface area (Å²) in [5.41, 5.74) is 0.527. The summed E-state index contributed by atoms with van der Waals surface area (Å²) in [7, 11) is -3.69. The van der Waals surface area contributed by atoms with E-state index >= 15 is 0 Å². The lowest BCUT2D eigenvalue weighted by atomic mass is 10.1. The highest BCUT2D eigenvalue weighted by atomic mass is 32.2. The molecule has 1 aromatic rings. The molecule has 2 rings (SSSR count). The summed E-state index contributed by atoms with van der Waals surface area (Å²) in [6.07, 6.45) is 0. The quantitative estimate of drug-likeness (QED) is 0.708. The molecule has 0 spiro atoms. The Morgan fingerprint density at radius 3 is 2.71 bits per heavy atom. The van der Waals surface area contributed by atoms with Crippen molar-refractivity contribution < 1.29 is 13.2 Å². The summed E-state index contributed by atoms with van der Waals surface area (Å²) in [5, 5.41) is 1.25. The van der Waals surface area contributed by atoms with E-state index in [-0.39, 0.29) is 10.5 Å². The van der Waals surface area contributed by atoms with Gasteiger partial charge in [0.05, 0.1) is 5.56 Å². The van der Waals surface area contributed by atoms with Crippen LogP contribution < -0.4 is 4.72 Å². The second-order valence-corrected chi connectivity index (χ2v) is 4.63. The van der Waals surface area contributed by atoms with Crippen LogP contribution in [0.15, 0.2) is 23.1 Å². The Kier molecular flexibility index (Phi) is 1.90. The van der Waals surface area contributed by atoms with E-state index in [1.807, 2.05) is 4.72 Å². The molecule has 1 amide bonds. The molecule has 0 unspecified atom stereocenters. The van der Waals surface area contributed by atoms with Crippen molar-refractivity contribution in [2.24, 2.45) is 0 Å². The van der Waals surface area contributed by atoms with Crippen molar-refractivity contribution in [1.29, 1.82) is 0 Å². The van der Waals surface area contributed by atoms with Crippen LogP contribution >= 0.6 is 12.2 Å². The van der Waals surface area contributed by atoms with E-state index in [9.17, 15) is 13.2 Å². The molecule has 0 fully saturated rings. The molecule has 1 aliphatic heterocycles. The Morgan fingerprint density at radius 2 is 2.07 bits per heavy atom. The van der Waals surface area contributed by atoms with Gasteiger partial charge in [-0.3, -0.25) is 4.79 Å². The van der Waals surface area contributed by atoms with Gasteiger partial charge in [0, 0.05) is 10.9 Å². The number of nitrogens with one attached hydrogen (secondary N) is 1. The number of amides is 1. The van der Waals surface area contributed by atoms with Crippen LogP contribution in [0.3, 0.4) is 0 Å². The van der Waals surface area contributed by atoms with Crippen LogP contribution in [-0.2, 0) is 10.0 Å². The molecule has 0 bridgehead atoms. The van der Waals surface area contributed by atoms with Gasteiger partial charge in [-0.1, -0.05) is 24.4 Å². The summed E-state index contributed by atoms with van der Waals surface area (Å²) in [5.74, 6) is -0.598. The minimum atomic E-state index is -3.69. The molecule has 1 heterocycles. The number of hydrogen-bond donors (Lipinski definition) is 1. The van der Waals surface area contributed by atoms with Crippen LogP contribution in [0.2, 0.25) is 0 Å². The van der Waals surface area contributed by atoms with E-state index in [4.69, 9.17) is 0 Å². The van der Waals surface area contributed by atoms with Crippen LogP contribution in [0, 0.1) is 0 Å². The summed E-state index contributed by atoms with van der Waals surface area (Å²) in [4.78, 5) is 11.2. The highest BCUT2D eigenvalue weighted by Gasteiger charge is 2.34. The Labute approximate surface area is 86.0 Å². The van der Waals surface area contributed by atoms with Gasteiger partial charge in [-0.15, -0.1) is 0 Å². The summed E-state index contributed by atoms with van der Waals surface area (Å²) < 4.78 is 24.8. The van der Waals surface area contributed by atoms with Gasteiger partial charge in [0.25, 0.3) is 15.9 Å². The lowest BCUT2D eigenvalue weighted by Crippen LogP contribution is -2.21. The number of hydrogen-bond acceptors (Lipinski definition) is 4. The van der Waals surface area contributed by atoms with E-state index < -0.39 is 15.9 Å². The van der Waals surface area contributed by atoms with Crippen molar-refractivity contribution in [1.82, 2.24) is 4.72 Å². The van der Waals surface area contributed by atoms with E-state index in [1.165, 1.54) is 11.4 Å². The molecular weight excluding hydrogens is 222 g/mol. The predicted molar refractivity (Wildman–Crippen MR) is 53.9 cm³/mol. The van der Waals surface area contributed by atoms with E-state index in [0.717, 1.165) is 0 Å². The maximum Gasteiger partial charge on any atom is 0.266 e. The standard InChI is InChI=1S/C8H5NO3S2/c10-8-6-3-1-2-5(4-13)7(6)14(11,12)9-8/h1-4H,(H,9,10). The van der Waals surface area contributed by atoms with Crippen molar-refractivity contribution in [2.45, 2.75) is 4.90 Å².